The average Bonchev–Trinajstić information content (AvgIpc) is 3.04. The molecule has 1 aliphatic heterocycles. The molecule has 0 aromatic rings. The summed E-state index contributed by atoms with van der Waals surface area (Å²) >= 11 is 0. The highest BCUT2D eigenvalue weighted by molar-refractivity contribution is 5.68. The van der Waals surface area contributed by atoms with Crippen molar-refractivity contribution in [2.45, 2.75) is 65.1 Å². The van der Waals surface area contributed by atoms with Crippen molar-refractivity contribution in [2.24, 2.45) is 5.92 Å². The molecule has 1 saturated heterocycles. The van der Waals surface area contributed by atoms with Crippen molar-refractivity contribution < 1.29 is 9.53 Å². The fourth-order valence-electron chi connectivity index (χ4n) is 2.79. The minimum atomic E-state index is -0.408. The van der Waals surface area contributed by atoms with Gasteiger partial charge in [0.05, 0.1) is 0 Å². The van der Waals surface area contributed by atoms with Gasteiger partial charge in [0.1, 0.15) is 5.60 Å². The van der Waals surface area contributed by atoms with Gasteiger partial charge in [-0.05, 0) is 53.4 Å². The number of carbonyl (C=O) groups excluding carboxylic acids is 1. The second-order valence-electron chi connectivity index (χ2n) is 7.22. The highest BCUT2D eigenvalue weighted by Gasteiger charge is 2.36. The standard InChI is InChI=1S/C15H28N2O2/c1-11-8-16(14(18)19-15(3,4)5)9-12(2)17(11)10-13-6-7-13/h11-13H,6-10H2,1-5H3/t11-,12+. The van der Waals surface area contributed by atoms with Crippen LogP contribution in [0, 0.1) is 5.92 Å². The molecule has 2 aliphatic rings. The summed E-state index contributed by atoms with van der Waals surface area (Å²) in [6.45, 7) is 13.0. The summed E-state index contributed by atoms with van der Waals surface area (Å²) in [4.78, 5) is 16.6. The van der Waals surface area contributed by atoms with Crippen LogP contribution in [0.4, 0.5) is 4.79 Å². The number of hydrogen-bond donors (Lipinski definition) is 0. The Hall–Kier alpha value is -0.770. The van der Waals surface area contributed by atoms with Crippen LogP contribution in [0.3, 0.4) is 0 Å². The Morgan fingerprint density at radius 2 is 1.68 bits per heavy atom. The van der Waals surface area contributed by atoms with Gasteiger partial charge < -0.3 is 9.64 Å². The number of nitrogens with zero attached hydrogens (tertiary/aromatic N) is 2. The third-order valence-corrected chi connectivity index (χ3v) is 3.92. The van der Waals surface area contributed by atoms with Crippen molar-refractivity contribution in [1.29, 1.82) is 0 Å². The molecule has 2 rings (SSSR count). The van der Waals surface area contributed by atoms with Crippen molar-refractivity contribution in [3.8, 4) is 0 Å². The first-order valence-corrected chi connectivity index (χ1v) is 7.50. The number of piperazine rings is 1. The van der Waals surface area contributed by atoms with Gasteiger partial charge in [-0.3, -0.25) is 4.90 Å². The van der Waals surface area contributed by atoms with Crippen molar-refractivity contribution in [3.05, 3.63) is 0 Å². The molecule has 0 N–H and O–H groups in total. The second-order valence-corrected chi connectivity index (χ2v) is 7.22. The van der Waals surface area contributed by atoms with E-state index in [-0.39, 0.29) is 6.09 Å². The Bertz CT molecular complexity index is 322. The summed E-state index contributed by atoms with van der Waals surface area (Å²) in [5, 5.41) is 0. The highest BCUT2D eigenvalue weighted by atomic mass is 16.6. The minimum absolute atomic E-state index is 0.169. The lowest BCUT2D eigenvalue weighted by atomic mass is 10.1. The zero-order valence-electron chi connectivity index (χ0n) is 13.0. The lowest BCUT2D eigenvalue weighted by Gasteiger charge is -2.44. The normalized spacial score (nSPS) is 29.4. The van der Waals surface area contributed by atoms with E-state index in [1.165, 1.54) is 19.4 Å². The van der Waals surface area contributed by atoms with Crippen LogP contribution in [0.1, 0.15) is 47.5 Å². The van der Waals surface area contributed by atoms with E-state index in [1.807, 2.05) is 25.7 Å². The van der Waals surface area contributed by atoms with E-state index in [2.05, 4.69) is 18.7 Å². The first kappa shape index (κ1) is 14.6. The van der Waals surface area contributed by atoms with E-state index in [1.54, 1.807) is 0 Å². The molecule has 2 fully saturated rings. The lowest BCUT2D eigenvalue weighted by molar-refractivity contribution is -0.00854. The molecule has 0 spiro atoms. The first-order chi connectivity index (χ1) is 8.76. The topological polar surface area (TPSA) is 32.8 Å². The van der Waals surface area contributed by atoms with Crippen LogP contribution in [0.2, 0.25) is 0 Å². The predicted molar refractivity (Wildman–Crippen MR) is 76.2 cm³/mol. The maximum atomic E-state index is 12.1. The van der Waals surface area contributed by atoms with E-state index in [0.29, 0.717) is 12.1 Å². The molecule has 1 amide bonds. The van der Waals surface area contributed by atoms with Crippen molar-refractivity contribution in [1.82, 2.24) is 9.80 Å². The van der Waals surface area contributed by atoms with Crippen molar-refractivity contribution in [2.75, 3.05) is 19.6 Å². The molecule has 0 bridgehead atoms. The number of carbonyl (C=O) groups is 1. The largest absolute Gasteiger partial charge is 0.444 e. The van der Waals surface area contributed by atoms with Crippen LogP contribution in [0.5, 0.6) is 0 Å². The van der Waals surface area contributed by atoms with E-state index >= 15 is 0 Å². The number of rotatable bonds is 2. The van der Waals surface area contributed by atoms with Crippen LogP contribution in [-0.4, -0.2) is 53.2 Å². The number of amides is 1. The quantitative estimate of drug-likeness (QED) is 0.772. The maximum Gasteiger partial charge on any atom is 0.410 e. The molecule has 1 aliphatic carbocycles. The Kier molecular flexibility index (Phi) is 4.09. The monoisotopic (exact) mass is 268 g/mol. The molecule has 19 heavy (non-hydrogen) atoms. The van der Waals surface area contributed by atoms with Gasteiger partial charge in [-0.2, -0.15) is 0 Å². The van der Waals surface area contributed by atoms with Crippen LogP contribution in [0.15, 0.2) is 0 Å². The zero-order valence-corrected chi connectivity index (χ0v) is 13.0. The third-order valence-electron chi connectivity index (χ3n) is 3.92. The predicted octanol–water partition coefficient (Wildman–Crippen LogP) is 2.73. The van der Waals surface area contributed by atoms with Gasteiger partial charge in [-0.15, -0.1) is 0 Å². The van der Waals surface area contributed by atoms with Gasteiger partial charge in [-0.25, -0.2) is 4.79 Å². The summed E-state index contributed by atoms with van der Waals surface area (Å²) in [5.74, 6) is 0.901. The second kappa shape index (κ2) is 5.31. The maximum absolute atomic E-state index is 12.1. The fraction of sp³-hybridized carbons (Fsp3) is 0.933. The van der Waals surface area contributed by atoms with Gasteiger partial charge in [0.25, 0.3) is 0 Å². The summed E-state index contributed by atoms with van der Waals surface area (Å²) in [5.41, 5.74) is -0.408. The summed E-state index contributed by atoms with van der Waals surface area (Å²) in [7, 11) is 0. The van der Waals surface area contributed by atoms with E-state index in [0.717, 1.165) is 19.0 Å². The summed E-state index contributed by atoms with van der Waals surface area (Å²) < 4.78 is 5.47. The molecule has 1 saturated carbocycles. The van der Waals surface area contributed by atoms with Crippen molar-refractivity contribution >= 4 is 6.09 Å². The SMILES string of the molecule is C[C@@H]1CN(C(=O)OC(C)(C)C)C[C@H](C)N1CC1CC1. The Balaban J connectivity index is 1.90. The molecule has 0 unspecified atom stereocenters. The average molecular weight is 268 g/mol. The molecule has 0 radical (unpaired) electrons. The molecule has 0 aromatic heterocycles. The van der Waals surface area contributed by atoms with Crippen LogP contribution in [-0.2, 0) is 4.74 Å². The van der Waals surface area contributed by atoms with Gasteiger partial charge in [0.2, 0.25) is 0 Å². The Labute approximate surface area is 117 Å². The lowest BCUT2D eigenvalue weighted by Crippen LogP contribution is -2.58. The van der Waals surface area contributed by atoms with Gasteiger partial charge in [-0.1, -0.05) is 0 Å². The summed E-state index contributed by atoms with van der Waals surface area (Å²) in [6, 6.07) is 0.855. The molecule has 1 heterocycles. The first-order valence-electron chi connectivity index (χ1n) is 7.50. The van der Waals surface area contributed by atoms with Crippen LogP contribution < -0.4 is 0 Å². The van der Waals surface area contributed by atoms with Gasteiger partial charge in [0.15, 0.2) is 0 Å². The van der Waals surface area contributed by atoms with Gasteiger partial charge in [0, 0.05) is 31.7 Å². The molecular weight excluding hydrogens is 240 g/mol. The fourth-order valence-corrected chi connectivity index (χ4v) is 2.79. The van der Waals surface area contributed by atoms with E-state index < -0.39 is 5.60 Å². The van der Waals surface area contributed by atoms with Crippen molar-refractivity contribution in [3.63, 3.8) is 0 Å². The third kappa shape index (κ3) is 4.10. The molecule has 4 heteroatoms. The van der Waals surface area contributed by atoms with E-state index in [9.17, 15) is 4.79 Å². The molecule has 2 atom stereocenters. The highest BCUT2D eigenvalue weighted by Crippen LogP contribution is 2.32. The smallest absolute Gasteiger partial charge is 0.410 e. The van der Waals surface area contributed by atoms with E-state index in [4.69, 9.17) is 4.74 Å². The number of ether oxygens (including phenoxy) is 1. The van der Waals surface area contributed by atoms with Gasteiger partial charge >= 0.3 is 6.09 Å². The molecule has 0 aromatic carbocycles. The Morgan fingerprint density at radius 3 is 2.11 bits per heavy atom. The molecule has 4 nitrogen and oxygen atoms in total. The zero-order chi connectivity index (χ0) is 14.2. The van der Waals surface area contributed by atoms with Crippen LogP contribution in [0.25, 0.3) is 0 Å². The Morgan fingerprint density at radius 1 is 1.16 bits per heavy atom. The van der Waals surface area contributed by atoms with Crippen LogP contribution >= 0.6 is 0 Å². The number of hydrogen-bond acceptors (Lipinski definition) is 3. The minimum Gasteiger partial charge on any atom is -0.444 e. The molecular formula is C15H28N2O2. The molecule has 110 valence electrons. The summed E-state index contributed by atoms with van der Waals surface area (Å²) in [6.07, 6.45) is 2.59.